The number of esters is 1. The molecule has 1 aromatic carbocycles. The Kier molecular flexibility index (Phi) is 6.65. The fourth-order valence-electron chi connectivity index (χ4n) is 3.96. The van der Waals surface area contributed by atoms with Gasteiger partial charge < -0.3 is 15.2 Å². The third kappa shape index (κ3) is 4.79. The lowest BCUT2D eigenvalue weighted by Gasteiger charge is -2.30. The van der Waals surface area contributed by atoms with Crippen molar-refractivity contribution in [2.24, 2.45) is 4.99 Å². The second-order valence-corrected chi connectivity index (χ2v) is 9.01. The fraction of sp³-hybridized carbons (Fsp3) is 0.333. The topological polar surface area (TPSA) is 104 Å². The Labute approximate surface area is 200 Å². The van der Waals surface area contributed by atoms with Gasteiger partial charge in [-0.25, -0.2) is 22.9 Å². The molecule has 3 heterocycles. The van der Waals surface area contributed by atoms with Gasteiger partial charge in [-0.3, -0.25) is 14.7 Å². The molecule has 0 aliphatic carbocycles. The van der Waals surface area contributed by atoms with Crippen molar-refractivity contribution in [2.75, 3.05) is 20.2 Å². The van der Waals surface area contributed by atoms with E-state index in [4.69, 9.17) is 16.3 Å². The number of methoxy groups -OCH3 is 1. The summed E-state index contributed by atoms with van der Waals surface area (Å²) in [7, 11) is 1.14. The van der Waals surface area contributed by atoms with Gasteiger partial charge >= 0.3 is 11.9 Å². The first kappa shape index (κ1) is 24.2. The molecule has 2 aromatic rings. The number of nitrogens with zero attached hydrogens (tertiary/aromatic N) is 3. The summed E-state index contributed by atoms with van der Waals surface area (Å²) >= 11 is 7.50. The lowest BCUT2D eigenvalue weighted by molar-refractivity contribution is -0.142. The van der Waals surface area contributed by atoms with Crippen LogP contribution in [-0.2, 0) is 14.3 Å². The molecule has 1 fully saturated rings. The van der Waals surface area contributed by atoms with E-state index in [0.717, 1.165) is 24.1 Å². The number of carboxylic acids is 1. The van der Waals surface area contributed by atoms with Gasteiger partial charge in [-0.05, 0) is 12.1 Å². The molecule has 13 heteroatoms. The van der Waals surface area contributed by atoms with Gasteiger partial charge in [0.25, 0.3) is 5.92 Å². The van der Waals surface area contributed by atoms with E-state index in [-0.39, 0.29) is 34.2 Å². The SMILES string of the molecule is COC(=O)C1=C(CN2CC(F)(F)C[C@H]2C(=O)O)NC(c2nccs2)=N[C@H]1c1ccc(F)cc1Cl. The van der Waals surface area contributed by atoms with Crippen molar-refractivity contribution in [1.29, 1.82) is 0 Å². The van der Waals surface area contributed by atoms with Crippen LogP contribution in [0, 0.1) is 5.82 Å². The zero-order chi connectivity index (χ0) is 24.6. The fourth-order valence-corrected chi connectivity index (χ4v) is 4.82. The number of carbonyl (C=O) groups excluding carboxylic acids is 1. The van der Waals surface area contributed by atoms with Crippen molar-refractivity contribution < 1.29 is 32.6 Å². The minimum Gasteiger partial charge on any atom is -0.480 e. The number of hydrogen-bond donors (Lipinski definition) is 2. The van der Waals surface area contributed by atoms with Crippen molar-refractivity contribution in [3.63, 3.8) is 0 Å². The van der Waals surface area contributed by atoms with Crippen LogP contribution in [-0.4, -0.2) is 64.9 Å². The first-order valence-electron chi connectivity index (χ1n) is 9.95. The normalized spacial score (nSPS) is 22.3. The average Bonchev–Trinajstić information content (AvgIpc) is 3.40. The number of amidine groups is 1. The van der Waals surface area contributed by atoms with Crippen molar-refractivity contribution in [3.8, 4) is 0 Å². The second kappa shape index (κ2) is 9.35. The largest absolute Gasteiger partial charge is 0.480 e. The maximum Gasteiger partial charge on any atom is 0.338 e. The number of aliphatic carboxylic acids is 1. The second-order valence-electron chi connectivity index (χ2n) is 7.71. The molecule has 0 unspecified atom stereocenters. The highest BCUT2D eigenvalue weighted by Gasteiger charge is 2.49. The summed E-state index contributed by atoms with van der Waals surface area (Å²) in [6.07, 6.45) is 0.675. The molecule has 0 bridgehead atoms. The van der Waals surface area contributed by atoms with E-state index in [2.05, 4.69) is 15.3 Å². The lowest BCUT2D eigenvalue weighted by Crippen LogP contribution is -2.43. The predicted octanol–water partition coefficient (Wildman–Crippen LogP) is 3.25. The molecule has 0 saturated carbocycles. The molecular weight excluding hydrogens is 497 g/mol. The zero-order valence-electron chi connectivity index (χ0n) is 17.6. The molecule has 180 valence electrons. The van der Waals surface area contributed by atoms with Gasteiger partial charge in [0.2, 0.25) is 0 Å². The van der Waals surface area contributed by atoms with E-state index >= 15 is 0 Å². The Balaban J connectivity index is 1.84. The quantitative estimate of drug-likeness (QED) is 0.570. The molecule has 1 aromatic heterocycles. The monoisotopic (exact) mass is 514 g/mol. The number of halogens is 4. The van der Waals surface area contributed by atoms with Gasteiger partial charge in [0.1, 0.15) is 17.9 Å². The first-order chi connectivity index (χ1) is 16.1. The molecule has 0 radical (unpaired) electrons. The van der Waals surface area contributed by atoms with Crippen LogP contribution < -0.4 is 5.32 Å². The summed E-state index contributed by atoms with van der Waals surface area (Å²) in [5, 5.41) is 14.5. The van der Waals surface area contributed by atoms with Gasteiger partial charge in [-0.15, -0.1) is 11.3 Å². The van der Waals surface area contributed by atoms with Gasteiger partial charge in [0.15, 0.2) is 10.8 Å². The van der Waals surface area contributed by atoms with Crippen molar-refractivity contribution in [3.05, 3.63) is 62.5 Å². The van der Waals surface area contributed by atoms with E-state index < -0.39 is 48.7 Å². The van der Waals surface area contributed by atoms with Crippen LogP contribution in [0.1, 0.15) is 23.0 Å². The summed E-state index contributed by atoms with van der Waals surface area (Å²) in [4.78, 5) is 34.3. The maximum atomic E-state index is 14.1. The maximum absolute atomic E-state index is 14.1. The molecule has 2 N–H and O–H groups in total. The number of rotatable bonds is 6. The number of hydrogen-bond acceptors (Lipinski definition) is 8. The molecule has 0 spiro atoms. The van der Waals surface area contributed by atoms with E-state index in [9.17, 15) is 27.9 Å². The van der Waals surface area contributed by atoms with Crippen LogP contribution in [0.5, 0.6) is 0 Å². The average molecular weight is 515 g/mol. The van der Waals surface area contributed by atoms with E-state index in [1.165, 1.54) is 23.6 Å². The molecule has 2 aliphatic rings. The Morgan fingerprint density at radius 3 is 2.79 bits per heavy atom. The van der Waals surface area contributed by atoms with Crippen molar-refractivity contribution in [1.82, 2.24) is 15.2 Å². The highest BCUT2D eigenvalue weighted by atomic mass is 35.5. The van der Waals surface area contributed by atoms with Crippen molar-refractivity contribution >= 4 is 40.7 Å². The summed E-state index contributed by atoms with van der Waals surface area (Å²) in [5.41, 5.74) is 0.329. The number of aromatic nitrogens is 1. The molecule has 8 nitrogen and oxygen atoms in total. The van der Waals surface area contributed by atoms with E-state index in [0.29, 0.717) is 5.01 Å². The molecule has 4 rings (SSSR count). The standard InChI is InChI=1S/C21H18ClF3N4O4S/c1-33-20(32)15-13(8-29-9-21(24,25)7-14(29)19(30)31)27-17(18-26-4-5-34-18)28-16(15)11-3-2-10(23)6-12(11)22/h2-6,14,16H,7-9H2,1H3,(H,27,28)(H,30,31)/t14-,16-/m0/s1. The van der Waals surface area contributed by atoms with Gasteiger partial charge in [-0.1, -0.05) is 17.7 Å². The highest BCUT2D eigenvalue weighted by Crippen LogP contribution is 2.38. The van der Waals surface area contributed by atoms with Crippen molar-refractivity contribution in [2.45, 2.75) is 24.4 Å². The first-order valence-corrected chi connectivity index (χ1v) is 11.2. The van der Waals surface area contributed by atoms with Gasteiger partial charge in [-0.2, -0.15) is 0 Å². The molecule has 2 atom stereocenters. The highest BCUT2D eigenvalue weighted by molar-refractivity contribution is 7.11. The summed E-state index contributed by atoms with van der Waals surface area (Å²) in [6.45, 7) is -1.15. The predicted molar refractivity (Wildman–Crippen MR) is 118 cm³/mol. The third-order valence-electron chi connectivity index (χ3n) is 5.44. The number of aliphatic imine (C=N–C) groups is 1. The smallest absolute Gasteiger partial charge is 0.338 e. The Bertz CT molecular complexity index is 1190. The number of carboxylic acid groups (broad SMARTS) is 1. The molecule has 0 amide bonds. The number of nitrogens with one attached hydrogen (secondary N) is 1. The lowest BCUT2D eigenvalue weighted by atomic mass is 9.95. The number of ether oxygens (including phenoxy) is 1. The number of alkyl halides is 2. The van der Waals surface area contributed by atoms with E-state index in [1.54, 1.807) is 5.38 Å². The Morgan fingerprint density at radius 1 is 1.41 bits per heavy atom. The molecular formula is C21H18ClF3N4O4S. The van der Waals surface area contributed by atoms with Gasteiger partial charge in [0, 0.05) is 40.8 Å². The van der Waals surface area contributed by atoms with Crippen LogP contribution >= 0.6 is 22.9 Å². The van der Waals surface area contributed by atoms with E-state index in [1.807, 2.05) is 0 Å². The number of benzene rings is 1. The number of carbonyl (C=O) groups is 2. The minimum atomic E-state index is -3.21. The molecule has 34 heavy (non-hydrogen) atoms. The summed E-state index contributed by atoms with van der Waals surface area (Å²) in [6, 6.07) is 1.03. The van der Waals surface area contributed by atoms with Crippen LogP contribution in [0.3, 0.4) is 0 Å². The number of likely N-dealkylation sites (tertiary alicyclic amines) is 1. The van der Waals surface area contributed by atoms with Gasteiger partial charge in [0.05, 0.1) is 19.2 Å². The van der Waals surface area contributed by atoms with Crippen LogP contribution in [0.2, 0.25) is 5.02 Å². The summed E-state index contributed by atoms with van der Waals surface area (Å²) < 4.78 is 46.8. The Hall–Kier alpha value is -2.96. The minimum absolute atomic E-state index is 0.00832. The van der Waals surface area contributed by atoms with Crippen LogP contribution in [0.15, 0.2) is 46.0 Å². The van der Waals surface area contributed by atoms with Crippen LogP contribution in [0.4, 0.5) is 13.2 Å². The summed E-state index contributed by atoms with van der Waals surface area (Å²) in [5.74, 6) is -5.82. The molecule has 1 saturated heterocycles. The number of thiazole rings is 1. The van der Waals surface area contributed by atoms with Crippen LogP contribution in [0.25, 0.3) is 0 Å². The zero-order valence-corrected chi connectivity index (χ0v) is 19.2. The molecule has 2 aliphatic heterocycles. The third-order valence-corrected chi connectivity index (χ3v) is 6.54. The Morgan fingerprint density at radius 2 is 2.18 bits per heavy atom.